The second kappa shape index (κ2) is 13.4. The van der Waals surface area contributed by atoms with Gasteiger partial charge in [0.1, 0.15) is 6.61 Å². The number of carbonyl (C=O) groups excluding carboxylic acids is 1. The average molecular weight is 269 g/mol. The highest BCUT2D eigenvalue weighted by atomic mass is 16.5. The number of nitrogens with two attached hydrogens (primary N) is 1. The molecule has 1 amide bonds. The van der Waals surface area contributed by atoms with Crippen LogP contribution in [0.5, 0.6) is 0 Å². The molecular weight excluding hydrogens is 242 g/mol. The van der Waals surface area contributed by atoms with E-state index in [1.807, 2.05) is 6.92 Å². The number of carbonyl (C=O) groups is 1. The van der Waals surface area contributed by atoms with E-state index in [9.17, 15) is 4.79 Å². The van der Waals surface area contributed by atoms with Gasteiger partial charge in [-0.15, -0.1) is 5.92 Å². The Morgan fingerprint density at radius 3 is 2.68 bits per heavy atom. The van der Waals surface area contributed by atoms with Gasteiger partial charge in [0.05, 0.1) is 6.61 Å². The van der Waals surface area contributed by atoms with E-state index in [-0.39, 0.29) is 12.5 Å². The zero-order valence-corrected chi connectivity index (χ0v) is 12.0. The van der Waals surface area contributed by atoms with Crippen molar-refractivity contribution in [2.45, 2.75) is 51.9 Å². The Labute approximate surface area is 116 Å². The molecule has 0 rings (SSSR count). The first kappa shape index (κ1) is 17.9. The van der Waals surface area contributed by atoms with Crippen LogP contribution in [0.1, 0.15) is 51.9 Å². The monoisotopic (exact) mass is 269 g/mol. The number of ether oxygens (including phenoxy) is 1. The van der Waals surface area contributed by atoms with Gasteiger partial charge in [0.25, 0.3) is 0 Å². The molecule has 0 aromatic heterocycles. The molecule has 0 fully saturated rings. The molecule has 1 atom stereocenters. The standard InChI is InChI=1S/C15H27NO3/c1-14(9-10-15(16)18)13-19-12-8-6-4-2-3-5-7-11-17/h14,17H,2-5,7,9-13H2,1H3,(H2,16,18)/t14-/m0/s1. The molecule has 0 bridgehead atoms. The lowest BCUT2D eigenvalue weighted by Gasteiger charge is -2.08. The molecule has 0 heterocycles. The third-order valence-corrected chi connectivity index (χ3v) is 2.80. The van der Waals surface area contributed by atoms with Gasteiger partial charge in [0.15, 0.2) is 0 Å². The molecule has 0 unspecified atom stereocenters. The number of aliphatic hydroxyl groups is 1. The molecule has 0 saturated heterocycles. The second-order valence-corrected chi connectivity index (χ2v) is 4.87. The summed E-state index contributed by atoms with van der Waals surface area (Å²) in [6.07, 6.45) is 6.26. The van der Waals surface area contributed by atoms with Gasteiger partial charge >= 0.3 is 0 Å². The number of primary amides is 1. The van der Waals surface area contributed by atoms with Crippen molar-refractivity contribution < 1.29 is 14.6 Å². The van der Waals surface area contributed by atoms with Crippen molar-refractivity contribution in [3.05, 3.63) is 0 Å². The van der Waals surface area contributed by atoms with Crippen LogP contribution in [0.2, 0.25) is 0 Å². The van der Waals surface area contributed by atoms with Crippen LogP contribution in [0.4, 0.5) is 0 Å². The predicted octanol–water partition coefficient (Wildman–Crippen LogP) is 1.85. The highest BCUT2D eigenvalue weighted by molar-refractivity contribution is 5.73. The number of amides is 1. The first-order chi connectivity index (χ1) is 9.16. The quantitative estimate of drug-likeness (QED) is 0.444. The van der Waals surface area contributed by atoms with E-state index in [4.69, 9.17) is 15.6 Å². The van der Waals surface area contributed by atoms with Crippen molar-refractivity contribution in [1.82, 2.24) is 0 Å². The number of rotatable bonds is 11. The summed E-state index contributed by atoms with van der Waals surface area (Å²) in [6, 6.07) is 0. The molecule has 0 aromatic carbocycles. The molecule has 0 aliphatic rings. The molecule has 0 radical (unpaired) electrons. The van der Waals surface area contributed by atoms with E-state index < -0.39 is 0 Å². The largest absolute Gasteiger partial charge is 0.396 e. The molecule has 0 spiro atoms. The zero-order chi connectivity index (χ0) is 14.3. The van der Waals surface area contributed by atoms with Crippen LogP contribution < -0.4 is 5.73 Å². The Balaban J connectivity index is 3.31. The van der Waals surface area contributed by atoms with Crippen LogP contribution in [0.15, 0.2) is 0 Å². The van der Waals surface area contributed by atoms with Gasteiger partial charge in [-0.3, -0.25) is 4.79 Å². The molecule has 0 aliphatic carbocycles. The first-order valence-corrected chi connectivity index (χ1v) is 7.09. The fraction of sp³-hybridized carbons (Fsp3) is 0.800. The zero-order valence-electron chi connectivity index (χ0n) is 12.0. The molecule has 4 heteroatoms. The fourth-order valence-electron chi connectivity index (χ4n) is 1.60. The molecule has 0 aliphatic heterocycles. The third-order valence-electron chi connectivity index (χ3n) is 2.80. The Morgan fingerprint density at radius 2 is 2.00 bits per heavy atom. The average Bonchev–Trinajstić information content (AvgIpc) is 2.38. The minimum atomic E-state index is -0.257. The van der Waals surface area contributed by atoms with Crippen molar-refractivity contribution >= 4 is 5.91 Å². The van der Waals surface area contributed by atoms with Gasteiger partial charge in [-0.2, -0.15) is 0 Å². The maximum absolute atomic E-state index is 10.6. The normalized spacial score (nSPS) is 11.7. The molecule has 3 N–H and O–H groups in total. The van der Waals surface area contributed by atoms with Gasteiger partial charge in [-0.25, -0.2) is 0 Å². The topological polar surface area (TPSA) is 72.6 Å². The summed E-state index contributed by atoms with van der Waals surface area (Å²) in [5.41, 5.74) is 5.08. The van der Waals surface area contributed by atoms with Gasteiger partial charge in [-0.1, -0.05) is 25.7 Å². The summed E-state index contributed by atoms with van der Waals surface area (Å²) in [4.78, 5) is 10.6. The van der Waals surface area contributed by atoms with E-state index in [0.29, 0.717) is 25.6 Å². The van der Waals surface area contributed by atoms with Gasteiger partial charge in [0.2, 0.25) is 5.91 Å². The summed E-state index contributed by atoms with van der Waals surface area (Å²) in [5, 5.41) is 8.61. The summed E-state index contributed by atoms with van der Waals surface area (Å²) in [6.45, 7) is 3.40. The minimum absolute atomic E-state index is 0.257. The lowest BCUT2D eigenvalue weighted by Crippen LogP contribution is -2.14. The number of aliphatic hydroxyl groups excluding tert-OH is 1. The van der Waals surface area contributed by atoms with E-state index >= 15 is 0 Å². The molecule has 0 aromatic rings. The lowest BCUT2D eigenvalue weighted by atomic mass is 10.1. The molecule has 19 heavy (non-hydrogen) atoms. The SMILES string of the molecule is C[C@@H](CCC(N)=O)COCC#CCCCCCCO. The van der Waals surface area contributed by atoms with E-state index in [1.165, 1.54) is 0 Å². The van der Waals surface area contributed by atoms with Crippen LogP contribution in [0.3, 0.4) is 0 Å². The van der Waals surface area contributed by atoms with Crippen molar-refractivity contribution in [2.75, 3.05) is 19.8 Å². The Kier molecular flexibility index (Phi) is 12.6. The van der Waals surface area contributed by atoms with Crippen molar-refractivity contribution in [3.8, 4) is 11.8 Å². The van der Waals surface area contributed by atoms with Crippen molar-refractivity contribution in [1.29, 1.82) is 0 Å². The number of hydrogen-bond acceptors (Lipinski definition) is 3. The highest BCUT2D eigenvalue weighted by Gasteiger charge is 2.03. The molecular formula is C15H27NO3. The second-order valence-electron chi connectivity index (χ2n) is 4.87. The van der Waals surface area contributed by atoms with Crippen molar-refractivity contribution in [2.24, 2.45) is 11.7 Å². The maximum Gasteiger partial charge on any atom is 0.217 e. The van der Waals surface area contributed by atoms with Gasteiger partial charge in [-0.05, 0) is 25.2 Å². The summed E-state index contributed by atoms with van der Waals surface area (Å²) < 4.78 is 5.41. The maximum atomic E-state index is 10.6. The van der Waals surface area contributed by atoms with Gasteiger partial charge in [0, 0.05) is 19.4 Å². The predicted molar refractivity (Wildman–Crippen MR) is 76.4 cm³/mol. The van der Waals surface area contributed by atoms with Crippen LogP contribution in [0.25, 0.3) is 0 Å². The van der Waals surface area contributed by atoms with Gasteiger partial charge < -0.3 is 15.6 Å². The van der Waals surface area contributed by atoms with Crippen LogP contribution >= 0.6 is 0 Å². The van der Waals surface area contributed by atoms with E-state index in [1.54, 1.807) is 0 Å². The summed E-state index contributed by atoms with van der Waals surface area (Å²) in [7, 11) is 0. The summed E-state index contributed by atoms with van der Waals surface area (Å²) in [5.74, 6) is 6.14. The highest BCUT2D eigenvalue weighted by Crippen LogP contribution is 2.05. The van der Waals surface area contributed by atoms with Crippen LogP contribution in [-0.4, -0.2) is 30.8 Å². The lowest BCUT2D eigenvalue weighted by molar-refractivity contribution is -0.118. The van der Waals surface area contributed by atoms with Crippen molar-refractivity contribution in [3.63, 3.8) is 0 Å². The minimum Gasteiger partial charge on any atom is -0.396 e. The molecule has 0 saturated carbocycles. The first-order valence-electron chi connectivity index (χ1n) is 7.09. The smallest absolute Gasteiger partial charge is 0.217 e. The Morgan fingerprint density at radius 1 is 1.26 bits per heavy atom. The number of hydrogen-bond donors (Lipinski definition) is 2. The van der Waals surface area contributed by atoms with E-state index in [2.05, 4.69) is 11.8 Å². The van der Waals surface area contributed by atoms with E-state index in [0.717, 1.165) is 38.5 Å². The Bertz CT molecular complexity index is 281. The summed E-state index contributed by atoms with van der Waals surface area (Å²) >= 11 is 0. The number of unbranched alkanes of at least 4 members (excludes halogenated alkanes) is 4. The third kappa shape index (κ3) is 14.9. The van der Waals surface area contributed by atoms with Crippen LogP contribution in [0, 0.1) is 17.8 Å². The fourth-order valence-corrected chi connectivity index (χ4v) is 1.60. The molecule has 4 nitrogen and oxygen atoms in total. The van der Waals surface area contributed by atoms with Crippen LogP contribution in [-0.2, 0) is 9.53 Å². The Hall–Kier alpha value is -1.05. The molecule has 110 valence electrons.